The number of rotatable bonds is 1. The first-order chi connectivity index (χ1) is 5.34. The van der Waals surface area contributed by atoms with Crippen LogP contribution in [0.4, 0.5) is 0 Å². The predicted molar refractivity (Wildman–Crippen MR) is 46.7 cm³/mol. The lowest BCUT2D eigenvalue weighted by molar-refractivity contribution is -0.0494. The van der Waals surface area contributed by atoms with Crippen LogP contribution in [0, 0.1) is 5.92 Å². The fourth-order valence-corrected chi connectivity index (χ4v) is 1.21. The van der Waals surface area contributed by atoms with Crippen molar-refractivity contribution in [1.29, 1.82) is 0 Å². The van der Waals surface area contributed by atoms with Crippen LogP contribution in [-0.2, 0) is 9.47 Å². The van der Waals surface area contributed by atoms with E-state index in [2.05, 4.69) is 20.1 Å². The standard InChI is InChI=1S/C7H14O2.C2H4/c1-6-5-9-4-3-7(6)8-2;1-2/h6-7H,3-5H2,1-2H3;1-2H2/t6-,7?;/m1./s1. The van der Waals surface area contributed by atoms with Crippen molar-refractivity contribution in [1.82, 2.24) is 0 Å². The minimum absolute atomic E-state index is 0.429. The third kappa shape index (κ3) is 3.54. The summed E-state index contributed by atoms with van der Waals surface area (Å²) >= 11 is 0. The van der Waals surface area contributed by atoms with Gasteiger partial charge in [0.05, 0.1) is 12.7 Å². The van der Waals surface area contributed by atoms with Crippen molar-refractivity contribution in [2.24, 2.45) is 5.92 Å². The Morgan fingerprint density at radius 3 is 2.45 bits per heavy atom. The molecule has 11 heavy (non-hydrogen) atoms. The monoisotopic (exact) mass is 158 g/mol. The summed E-state index contributed by atoms with van der Waals surface area (Å²) in [6, 6.07) is 0. The van der Waals surface area contributed by atoms with Crippen molar-refractivity contribution in [2.75, 3.05) is 20.3 Å². The van der Waals surface area contributed by atoms with Crippen molar-refractivity contribution in [2.45, 2.75) is 19.4 Å². The Labute approximate surface area is 69.2 Å². The van der Waals surface area contributed by atoms with E-state index >= 15 is 0 Å². The molecule has 0 aromatic carbocycles. The van der Waals surface area contributed by atoms with Crippen molar-refractivity contribution in [3.63, 3.8) is 0 Å². The largest absolute Gasteiger partial charge is 0.381 e. The normalized spacial score (nSPS) is 30.4. The number of methoxy groups -OCH3 is 1. The first-order valence-corrected chi connectivity index (χ1v) is 3.95. The van der Waals surface area contributed by atoms with Gasteiger partial charge in [-0.1, -0.05) is 6.92 Å². The molecule has 0 aromatic rings. The maximum Gasteiger partial charge on any atom is 0.0640 e. The van der Waals surface area contributed by atoms with E-state index in [-0.39, 0.29) is 0 Å². The maximum absolute atomic E-state index is 5.23. The van der Waals surface area contributed by atoms with E-state index in [9.17, 15) is 0 Å². The summed E-state index contributed by atoms with van der Waals surface area (Å²) in [4.78, 5) is 0. The van der Waals surface area contributed by atoms with Gasteiger partial charge in [-0.05, 0) is 6.42 Å². The predicted octanol–water partition coefficient (Wildman–Crippen LogP) is 1.86. The molecule has 0 spiro atoms. The molecule has 66 valence electrons. The first kappa shape index (κ1) is 10.7. The van der Waals surface area contributed by atoms with Crippen LogP contribution in [0.15, 0.2) is 13.2 Å². The summed E-state index contributed by atoms with van der Waals surface area (Å²) in [7, 11) is 1.77. The fourth-order valence-electron chi connectivity index (χ4n) is 1.21. The molecule has 0 aliphatic carbocycles. The van der Waals surface area contributed by atoms with Gasteiger partial charge in [0, 0.05) is 19.6 Å². The minimum Gasteiger partial charge on any atom is -0.381 e. The van der Waals surface area contributed by atoms with Gasteiger partial charge in [0.25, 0.3) is 0 Å². The topological polar surface area (TPSA) is 18.5 Å². The average Bonchev–Trinajstić information content (AvgIpc) is 2.09. The van der Waals surface area contributed by atoms with Gasteiger partial charge in [-0.25, -0.2) is 0 Å². The van der Waals surface area contributed by atoms with Crippen LogP contribution in [0.2, 0.25) is 0 Å². The van der Waals surface area contributed by atoms with Crippen molar-refractivity contribution in [3.05, 3.63) is 13.2 Å². The van der Waals surface area contributed by atoms with Gasteiger partial charge in [-0.3, -0.25) is 0 Å². The zero-order valence-electron chi connectivity index (χ0n) is 7.51. The summed E-state index contributed by atoms with van der Waals surface area (Å²) in [5, 5.41) is 0. The summed E-state index contributed by atoms with van der Waals surface area (Å²) in [5.41, 5.74) is 0. The second-order valence-electron chi connectivity index (χ2n) is 2.62. The Kier molecular flexibility index (Phi) is 6.18. The van der Waals surface area contributed by atoms with Crippen LogP contribution >= 0.6 is 0 Å². The molecule has 1 saturated heterocycles. The average molecular weight is 158 g/mol. The molecule has 1 heterocycles. The molecule has 1 rings (SSSR count). The summed E-state index contributed by atoms with van der Waals surface area (Å²) in [5.74, 6) is 0.573. The highest BCUT2D eigenvalue weighted by molar-refractivity contribution is 4.69. The Balaban J connectivity index is 0.000000461. The molecule has 1 aliphatic rings. The van der Waals surface area contributed by atoms with E-state index in [1.165, 1.54) is 0 Å². The number of hydrogen-bond donors (Lipinski definition) is 0. The zero-order valence-corrected chi connectivity index (χ0v) is 7.51. The van der Waals surface area contributed by atoms with Crippen LogP contribution in [0.3, 0.4) is 0 Å². The van der Waals surface area contributed by atoms with Gasteiger partial charge in [0.1, 0.15) is 0 Å². The van der Waals surface area contributed by atoms with Gasteiger partial charge in [-0.15, -0.1) is 13.2 Å². The Morgan fingerprint density at radius 2 is 2.09 bits per heavy atom. The quantitative estimate of drug-likeness (QED) is 0.542. The molecule has 1 aliphatic heterocycles. The van der Waals surface area contributed by atoms with Crippen LogP contribution in [-0.4, -0.2) is 26.4 Å². The van der Waals surface area contributed by atoms with Gasteiger partial charge < -0.3 is 9.47 Å². The highest BCUT2D eigenvalue weighted by Gasteiger charge is 2.20. The third-order valence-corrected chi connectivity index (χ3v) is 1.86. The highest BCUT2D eigenvalue weighted by atomic mass is 16.5. The number of ether oxygens (including phenoxy) is 2. The molecule has 2 atom stereocenters. The second-order valence-corrected chi connectivity index (χ2v) is 2.62. The van der Waals surface area contributed by atoms with Crippen LogP contribution in [0.5, 0.6) is 0 Å². The maximum atomic E-state index is 5.23. The molecule has 0 bridgehead atoms. The van der Waals surface area contributed by atoms with Crippen LogP contribution < -0.4 is 0 Å². The smallest absolute Gasteiger partial charge is 0.0640 e. The van der Waals surface area contributed by atoms with E-state index in [0.717, 1.165) is 19.6 Å². The molecule has 2 heteroatoms. The molecule has 0 N–H and O–H groups in total. The fraction of sp³-hybridized carbons (Fsp3) is 0.778. The van der Waals surface area contributed by atoms with Crippen molar-refractivity contribution < 1.29 is 9.47 Å². The Hall–Kier alpha value is -0.340. The van der Waals surface area contributed by atoms with E-state index < -0.39 is 0 Å². The molecule has 2 nitrogen and oxygen atoms in total. The molecular weight excluding hydrogens is 140 g/mol. The first-order valence-electron chi connectivity index (χ1n) is 3.95. The van der Waals surface area contributed by atoms with Gasteiger partial charge in [0.15, 0.2) is 0 Å². The molecule has 0 saturated carbocycles. The third-order valence-electron chi connectivity index (χ3n) is 1.86. The summed E-state index contributed by atoms with van der Waals surface area (Å²) in [6.07, 6.45) is 1.48. The lowest BCUT2D eigenvalue weighted by atomic mass is 10.0. The minimum atomic E-state index is 0.429. The Morgan fingerprint density at radius 1 is 1.45 bits per heavy atom. The molecule has 1 fully saturated rings. The molecule has 0 amide bonds. The van der Waals surface area contributed by atoms with E-state index in [1.807, 2.05) is 0 Å². The van der Waals surface area contributed by atoms with Crippen molar-refractivity contribution in [3.8, 4) is 0 Å². The molecule has 0 radical (unpaired) electrons. The Bertz CT molecular complexity index is 93.6. The molecular formula is C9H18O2. The summed E-state index contributed by atoms with van der Waals surface area (Å²) < 4.78 is 10.5. The zero-order chi connectivity index (χ0) is 8.69. The SMILES string of the molecule is C=C.COC1CCOC[C@H]1C. The lowest BCUT2D eigenvalue weighted by Gasteiger charge is -2.27. The highest BCUT2D eigenvalue weighted by Crippen LogP contribution is 2.15. The lowest BCUT2D eigenvalue weighted by Crippen LogP contribution is -2.31. The van der Waals surface area contributed by atoms with Gasteiger partial charge >= 0.3 is 0 Å². The van der Waals surface area contributed by atoms with Gasteiger partial charge in [-0.2, -0.15) is 0 Å². The van der Waals surface area contributed by atoms with Crippen LogP contribution in [0.25, 0.3) is 0 Å². The van der Waals surface area contributed by atoms with E-state index in [4.69, 9.17) is 9.47 Å². The van der Waals surface area contributed by atoms with Crippen LogP contribution in [0.1, 0.15) is 13.3 Å². The second kappa shape index (κ2) is 6.38. The van der Waals surface area contributed by atoms with E-state index in [0.29, 0.717) is 12.0 Å². The number of hydrogen-bond acceptors (Lipinski definition) is 2. The van der Waals surface area contributed by atoms with Crippen molar-refractivity contribution >= 4 is 0 Å². The van der Waals surface area contributed by atoms with E-state index in [1.54, 1.807) is 7.11 Å². The molecule has 1 unspecified atom stereocenters. The summed E-state index contributed by atoms with van der Waals surface area (Å²) in [6.45, 7) is 9.88. The van der Waals surface area contributed by atoms with Gasteiger partial charge in [0.2, 0.25) is 0 Å². The molecule has 0 aromatic heterocycles.